The van der Waals surface area contributed by atoms with Crippen LogP contribution in [0, 0.1) is 0 Å². The molecule has 102 heavy (non-hydrogen) atoms. The summed E-state index contributed by atoms with van der Waals surface area (Å²) in [5.74, 6) is 2.01. The maximum absolute atomic E-state index is 12.8. The normalized spacial score (nSPS) is 11.6. The third-order valence-corrected chi connectivity index (χ3v) is 32.4. The molecular formula is C86H168O10P2S4. The minimum atomic E-state index is -0.949. The van der Waals surface area contributed by atoms with E-state index < -0.39 is 13.1 Å². The maximum atomic E-state index is 12.8. The molecule has 0 fully saturated rings. The molecule has 0 N–H and O–H groups in total. The van der Waals surface area contributed by atoms with Crippen LogP contribution in [0.25, 0.3) is 0 Å². The van der Waals surface area contributed by atoms with Crippen molar-refractivity contribution in [1.29, 1.82) is 0 Å². The monoisotopic (exact) mass is 1550 g/mol. The number of unbranched alkanes of at least 4 members (excludes halogenated alkanes) is 59. The Labute approximate surface area is 652 Å². The first kappa shape index (κ1) is 102. The van der Waals surface area contributed by atoms with E-state index in [9.17, 15) is 19.2 Å². The van der Waals surface area contributed by atoms with Gasteiger partial charge in [0.25, 0.3) is 0 Å². The van der Waals surface area contributed by atoms with E-state index >= 15 is 0 Å². The second-order valence-corrected chi connectivity index (χ2v) is 42.1. The summed E-state index contributed by atoms with van der Waals surface area (Å²) >= 11 is 6.77. The van der Waals surface area contributed by atoms with Crippen LogP contribution in [0.2, 0.25) is 0 Å². The molecule has 0 saturated carbocycles. The SMILES string of the molecule is CCCCCCCCCCCCCCCCCOC(=O)CCSP(OCCCCCCOP(SCCC(=O)OCCCCCCCCCCCCCCCCC)SCCC(=O)OCCCCCCCCCCCCCCCCC)SCCC(=O)OCCCCCCCCCCCCCCCCC. The summed E-state index contributed by atoms with van der Waals surface area (Å²) in [5, 5.41) is 0. The van der Waals surface area contributed by atoms with Gasteiger partial charge in [0, 0.05) is 23.0 Å². The van der Waals surface area contributed by atoms with Crippen molar-refractivity contribution in [2.24, 2.45) is 0 Å². The minimum absolute atomic E-state index is 0.135. The Balaban J connectivity index is 4.96. The number of rotatable bonds is 89. The van der Waals surface area contributed by atoms with Crippen molar-refractivity contribution in [1.82, 2.24) is 0 Å². The van der Waals surface area contributed by atoms with Crippen LogP contribution in [0.5, 0.6) is 0 Å². The molecule has 0 spiro atoms. The smallest absolute Gasteiger partial charge is 0.306 e. The zero-order chi connectivity index (χ0) is 73.7. The summed E-state index contributed by atoms with van der Waals surface area (Å²) in [6, 6.07) is 0. The lowest BCUT2D eigenvalue weighted by Crippen LogP contribution is -2.07. The lowest BCUT2D eigenvalue weighted by atomic mass is 10.0. The van der Waals surface area contributed by atoms with Crippen LogP contribution in [-0.4, -0.2) is 86.5 Å². The molecule has 10 nitrogen and oxygen atoms in total. The number of carbonyl (C=O) groups is 4. The van der Waals surface area contributed by atoms with Crippen molar-refractivity contribution in [3.05, 3.63) is 0 Å². The molecule has 0 aromatic heterocycles. The molecule has 0 heterocycles. The van der Waals surface area contributed by atoms with Crippen molar-refractivity contribution in [2.45, 2.75) is 464 Å². The fourth-order valence-electron chi connectivity index (χ4n) is 12.8. The average molecular weight is 1550 g/mol. The average Bonchev–Trinajstić information content (AvgIpc) is 3.83. The van der Waals surface area contributed by atoms with Crippen LogP contribution in [0.15, 0.2) is 0 Å². The van der Waals surface area contributed by atoms with Gasteiger partial charge in [-0.2, -0.15) is 0 Å². The molecule has 0 atom stereocenters. The molecule has 0 aromatic rings. The molecule has 0 radical (unpaired) electrons. The highest BCUT2D eigenvalue weighted by molar-refractivity contribution is 8.87. The first-order valence-corrected chi connectivity index (χ1v) is 53.2. The van der Waals surface area contributed by atoms with Crippen molar-refractivity contribution < 1.29 is 47.2 Å². The van der Waals surface area contributed by atoms with Gasteiger partial charge < -0.3 is 28.0 Å². The van der Waals surface area contributed by atoms with Gasteiger partial charge in [-0.1, -0.05) is 446 Å². The summed E-state index contributed by atoms with van der Waals surface area (Å²) in [6.07, 6.45) is 84.0. The fraction of sp³-hybridized carbons (Fsp3) is 0.953. The summed E-state index contributed by atoms with van der Waals surface area (Å²) in [6.45, 7) is 10.5. The second kappa shape index (κ2) is 89.9. The van der Waals surface area contributed by atoms with Crippen LogP contribution in [-0.2, 0) is 47.2 Å². The summed E-state index contributed by atoms with van der Waals surface area (Å²) in [4.78, 5) is 51.2. The molecule has 0 bridgehead atoms. The Kier molecular flexibility index (Phi) is 90.0. The van der Waals surface area contributed by atoms with Crippen molar-refractivity contribution in [3.8, 4) is 0 Å². The highest BCUT2D eigenvalue weighted by Gasteiger charge is 2.18. The Hall–Kier alpha value is 0.0600. The number of hydrogen-bond acceptors (Lipinski definition) is 14. The Morgan fingerprint density at radius 1 is 0.186 bits per heavy atom. The Morgan fingerprint density at radius 3 is 0.461 bits per heavy atom. The Bertz CT molecular complexity index is 1470. The topological polar surface area (TPSA) is 124 Å². The van der Waals surface area contributed by atoms with E-state index in [1.54, 1.807) is 45.5 Å². The fourth-order valence-corrected chi connectivity index (χ4v) is 24.6. The standard InChI is InChI=1S/C86H168O10P2S4/c1-5-9-13-17-21-25-29-33-37-41-45-49-53-57-63-73-91-83(87)69-79-99-97(100-80-70-84(88)92-74-64-58-54-50-46-42-38-34-30-26-22-18-14-10-6-2)95-77-67-61-62-68-78-96-98(101-81-71-85(89)93-75-65-59-55-51-47-43-39-35-31-27-23-19-15-11-7-3)102-82-72-86(90)94-76-66-60-56-52-48-44-40-36-32-28-24-20-16-12-8-4/h5-82H2,1-4H3. The zero-order valence-corrected chi connectivity index (χ0v) is 72.8. The number of esters is 4. The van der Waals surface area contributed by atoms with Crippen molar-refractivity contribution in [3.63, 3.8) is 0 Å². The molecule has 0 saturated heterocycles. The first-order valence-electron chi connectivity index (χ1n) is 44.4. The predicted octanol–water partition coefficient (Wildman–Crippen LogP) is 31.2. The van der Waals surface area contributed by atoms with Crippen molar-refractivity contribution in [2.75, 3.05) is 62.7 Å². The highest BCUT2D eigenvalue weighted by Crippen LogP contribution is 2.63. The molecule has 0 aromatic carbocycles. The second-order valence-electron chi connectivity index (χ2n) is 29.5. The molecule has 606 valence electrons. The minimum Gasteiger partial charge on any atom is -0.466 e. The van der Waals surface area contributed by atoms with E-state index in [4.69, 9.17) is 28.0 Å². The lowest BCUT2D eigenvalue weighted by Gasteiger charge is -2.17. The van der Waals surface area contributed by atoms with Gasteiger partial charge in [0.2, 0.25) is 0 Å². The largest absolute Gasteiger partial charge is 0.466 e. The molecule has 0 aliphatic carbocycles. The van der Waals surface area contributed by atoms with E-state index in [0.717, 1.165) is 77.0 Å². The molecule has 0 aliphatic heterocycles. The number of carbonyl (C=O) groups excluding carboxylic acids is 4. The lowest BCUT2D eigenvalue weighted by molar-refractivity contribution is -0.144. The summed E-state index contributed by atoms with van der Waals surface area (Å²) in [7, 11) is 0. The molecule has 0 rings (SSSR count). The quantitative estimate of drug-likeness (QED) is 0.0248. The molecule has 0 unspecified atom stereocenters. The molecular weight excluding hydrogens is 1380 g/mol. The van der Waals surface area contributed by atoms with Crippen LogP contribution in [0.1, 0.15) is 464 Å². The predicted molar refractivity (Wildman–Crippen MR) is 456 cm³/mol. The van der Waals surface area contributed by atoms with E-state index in [0.29, 0.717) is 88.3 Å². The number of hydrogen-bond donors (Lipinski definition) is 0. The van der Waals surface area contributed by atoms with E-state index in [-0.39, 0.29) is 23.9 Å². The van der Waals surface area contributed by atoms with E-state index in [2.05, 4.69) is 27.7 Å². The maximum Gasteiger partial charge on any atom is 0.306 e. The van der Waals surface area contributed by atoms with Crippen LogP contribution in [0.3, 0.4) is 0 Å². The van der Waals surface area contributed by atoms with Gasteiger partial charge in [-0.25, -0.2) is 0 Å². The summed E-state index contributed by atoms with van der Waals surface area (Å²) < 4.78 is 35.6. The first-order chi connectivity index (χ1) is 50.4. The third kappa shape index (κ3) is 85.7. The van der Waals surface area contributed by atoms with Gasteiger partial charge in [0.05, 0.1) is 65.3 Å². The van der Waals surface area contributed by atoms with Gasteiger partial charge in [0.15, 0.2) is 13.1 Å². The molecule has 0 amide bonds. The molecule has 0 aliphatic rings. The third-order valence-electron chi connectivity index (χ3n) is 19.5. The van der Waals surface area contributed by atoms with Crippen molar-refractivity contribution >= 4 is 82.5 Å². The van der Waals surface area contributed by atoms with Gasteiger partial charge >= 0.3 is 23.9 Å². The van der Waals surface area contributed by atoms with Gasteiger partial charge in [-0.05, 0) is 38.5 Å². The van der Waals surface area contributed by atoms with E-state index in [1.165, 1.54) is 334 Å². The van der Waals surface area contributed by atoms with E-state index in [1.807, 2.05) is 0 Å². The summed E-state index contributed by atoms with van der Waals surface area (Å²) in [5.41, 5.74) is 0. The zero-order valence-electron chi connectivity index (χ0n) is 67.8. The Morgan fingerprint density at radius 2 is 0.314 bits per heavy atom. The van der Waals surface area contributed by atoms with Gasteiger partial charge in [0.1, 0.15) is 0 Å². The van der Waals surface area contributed by atoms with Gasteiger partial charge in [-0.15, -0.1) is 0 Å². The highest BCUT2D eigenvalue weighted by atomic mass is 33.1. The molecule has 16 heteroatoms. The van der Waals surface area contributed by atoms with Crippen LogP contribution in [0.4, 0.5) is 0 Å². The number of ether oxygens (including phenoxy) is 4. The van der Waals surface area contributed by atoms with Crippen LogP contribution >= 0.6 is 58.6 Å². The van der Waals surface area contributed by atoms with Gasteiger partial charge in [-0.3, -0.25) is 19.2 Å². The van der Waals surface area contributed by atoms with Crippen LogP contribution < -0.4 is 0 Å².